The van der Waals surface area contributed by atoms with Gasteiger partial charge in [-0.3, -0.25) is 4.79 Å². The number of hydrogen-bond donors (Lipinski definition) is 1. The summed E-state index contributed by atoms with van der Waals surface area (Å²) in [5.74, 6) is 0.115. The van der Waals surface area contributed by atoms with Crippen LogP contribution in [0.1, 0.15) is 56.6 Å². The Morgan fingerprint density at radius 3 is 2.06 bits per heavy atom. The molecule has 1 aromatic carbocycles. The van der Waals surface area contributed by atoms with Crippen molar-refractivity contribution in [2.24, 2.45) is 0 Å². The Morgan fingerprint density at radius 2 is 1.65 bits per heavy atom. The summed E-state index contributed by atoms with van der Waals surface area (Å²) >= 11 is 0. The molecule has 1 N–H and O–H groups in total. The molecule has 1 rings (SSSR count). The largest absolute Gasteiger partial charge is 0.385 e. The fraction of sp³-hybridized carbons (Fsp3) is 0.533. The molecule has 2 heteroatoms. The Labute approximate surface area is 106 Å². The van der Waals surface area contributed by atoms with Crippen LogP contribution in [0.4, 0.5) is 5.69 Å². The first-order valence-electron chi connectivity index (χ1n) is 5.92. The van der Waals surface area contributed by atoms with Crippen LogP contribution in [0.2, 0.25) is 0 Å². The third-order valence-corrected chi connectivity index (χ3v) is 2.38. The number of carbonyl (C=O) groups is 1. The molecule has 17 heavy (non-hydrogen) atoms. The summed E-state index contributed by atoms with van der Waals surface area (Å²) in [6.07, 6.45) is 0. The number of nitrogens with one attached hydrogen (secondary N) is 1. The van der Waals surface area contributed by atoms with Crippen LogP contribution in [-0.4, -0.2) is 12.3 Å². The molecule has 0 aliphatic heterocycles. The molecule has 0 radical (unpaired) electrons. The van der Waals surface area contributed by atoms with E-state index < -0.39 is 0 Å². The van der Waals surface area contributed by atoms with Crippen LogP contribution in [0.15, 0.2) is 12.1 Å². The van der Waals surface area contributed by atoms with E-state index >= 15 is 0 Å². The van der Waals surface area contributed by atoms with Crippen LogP contribution in [0.5, 0.6) is 0 Å². The monoisotopic (exact) mass is 237 g/mol. The van der Waals surface area contributed by atoms with E-state index in [0.29, 0.717) is 0 Å². The van der Waals surface area contributed by atoms with E-state index in [-0.39, 0.29) is 13.2 Å². The Bertz CT molecular complexity index is 356. The molecular formula is C15H27NO. The number of ketones is 1. The van der Waals surface area contributed by atoms with Gasteiger partial charge in [0.1, 0.15) is 0 Å². The molecule has 0 atom stereocenters. The summed E-state index contributed by atoms with van der Waals surface area (Å²) in [7, 11) is 0. The minimum atomic E-state index is 0. The Kier molecular flexibility index (Phi) is 9.35. The molecule has 0 aliphatic rings. The second-order valence-corrected chi connectivity index (χ2v) is 3.57. The van der Waals surface area contributed by atoms with Crippen LogP contribution in [0, 0.1) is 13.8 Å². The van der Waals surface area contributed by atoms with Crippen molar-refractivity contribution in [2.45, 2.75) is 49.0 Å². The predicted octanol–water partition coefficient (Wildman–Crippen LogP) is 4.60. The van der Waals surface area contributed by atoms with Gasteiger partial charge >= 0.3 is 0 Å². The smallest absolute Gasteiger partial charge is 0.161 e. The van der Waals surface area contributed by atoms with Crippen molar-refractivity contribution in [3.8, 4) is 0 Å². The number of anilines is 1. The van der Waals surface area contributed by atoms with Crippen molar-refractivity contribution in [1.29, 1.82) is 0 Å². The zero-order valence-corrected chi connectivity index (χ0v) is 11.3. The predicted molar refractivity (Wildman–Crippen MR) is 78.2 cm³/mol. The molecule has 2 nitrogen and oxygen atoms in total. The highest BCUT2D eigenvalue weighted by atomic mass is 16.1. The highest BCUT2D eigenvalue weighted by molar-refractivity contribution is 5.99. The fourth-order valence-electron chi connectivity index (χ4n) is 1.44. The first-order valence-corrected chi connectivity index (χ1v) is 5.92. The lowest BCUT2D eigenvalue weighted by Gasteiger charge is -2.11. The third kappa shape index (κ3) is 5.03. The molecule has 0 heterocycles. The number of hydrogen-bond acceptors (Lipinski definition) is 2. The van der Waals surface area contributed by atoms with E-state index in [4.69, 9.17) is 0 Å². The summed E-state index contributed by atoms with van der Waals surface area (Å²) in [6, 6.07) is 3.99. The molecule has 0 aromatic heterocycles. The standard InChI is InChI=1S/C12H17NO.C2H6.CH4/c1-5-13-12-7-9(3)8(2)6-11(12)10(4)14;1-2;/h6-7,13H,5H2,1-4H3;1-2H3;1H4. The molecule has 0 saturated heterocycles. The summed E-state index contributed by atoms with van der Waals surface area (Å²) in [4.78, 5) is 11.4. The molecule has 0 fully saturated rings. The van der Waals surface area contributed by atoms with Gasteiger partial charge in [-0.25, -0.2) is 0 Å². The van der Waals surface area contributed by atoms with E-state index in [1.807, 2.05) is 39.8 Å². The molecular weight excluding hydrogens is 210 g/mol. The maximum Gasteiger partial charge on any atom is 0.161 e. The highest BCUT2D eigenvalue weighted by Crippen LogP contribution is 2.21. The summed E-state index contributed by atoms with van der Waals surface area (Å²) in [5, 5.41) is 3.20. The van der Waals surface area contributed by atoms with Crippen LogP contribution in [0.25, 0.3) is 0 Å². The first-order chi connectivity index (χ1) is 7.56. The lowest BCUT2D eigenvalue weighted by atomic mass is 10.0. The van der Waals surface area contributed by atoms with E-state index in [1.165, 1.54) is 5.56 Å². The van der Waals surface area contributed by atoms with E-state index in [1.54, 1.807) is 6.92 Å². The van der Waals surface area contributed by atoms with E-state index in [0.717, 1.165) is 23.4 Å². The van der Waals surface area contributed by atoms with Crippen LogP contribution in [0.3, 0.4) is 0 Å². The lowest BCUT2D eigenvalue weighted by Crippen LogP contribution is -2.05. The first kappa shape index (κ1) is 18.1. The van der Waals surface area contributed by atoms with E-state index in [9.17, 15) is 4.79 Å². The van der Waals surface area contributed by atoms with Gasteiger partial charge in [-0.15, -0.1) is 0 Å². The SMILES string of the molecule is C.CC.CCNc1cc(C)c(C)cc1C(C)=O. The molecule has 0 spiro atoms. The Morgan fingerprint density at radius 1 is 1.18 bits per heavy atom. The van der Waals surface area contributed by atoms with Gasteiger partial charge in [0.25, 0.3) is 0 Å². The quantitative estimate of drug-likeness (QED) is 0.778. The van der Waals surface area contributed by atoms with Crippen LogP contribution in [-0.2, 0) is 0 Å². The topological polar surface area (TPSA) is 29.1 Å². The molecule has 1 aromatic rings. The normalized spacial score (nSPS) is 8.59. The van der Waals surface area contributed by atoms with Crippen molar-refractivity contribution in [1.82, 2.24) is 0 Å². The molecule has 0 unspecified atom stereocenters. The van der Waals surface area contributed by atoms with Crippen LogP contribution >= 0.6 is 0 Å². The Balaban J connectivity index is 0. The average molecular weight is 237 g/mol. The molecule has 0 saturated carbocycles. The Hall–Kier alpha value is -1.31. The van der Waals surface area contributed by atoms with E-state index in [2.05, 4.69) is 12.2 Å². The zero-order chi connectivity index (χ0) is 12.7. The number of aryl methyl sites for hydroxylation is 2. The van der Waals surface area contributed by atoms with Crippen molar-refractivity contribution in [3.05, 3.63) is 28.8 Å². The summed E-state index contributed by atoms with van der Waals surface area (Å²) in [5.41, 5.74) is 4.11. The van der Waals surface area contributed by atoms with Gasteiger partial charge in [0.2, 0.25) is 0 Å². The molecule has 0 aliphatic carbocycles. The number of Topliss-reactive ketones (excluding diaryl/α,β-unsaturated/α-hetero) is 1. The average Bonchev–Trinajstić information content (AvgIpc) is 2.26. The van der Waals surface area contributed by atoms with Gasteiger partial charge in [-0.05, 0) is 51.0 Å². The minimum absolute atomic E-state index is 0. The highest BCUT2D eigenvalue weighted by Gasteiger charge is 2.08. The van der Waals surface area contributed by atoms with Crippen molar-refractivity contribution in [3.63, 3.8) is 0 Å². The summed E-state index contributed by atoms with van der Waals surface area (Å²) < 4.78 is 0. The molecule has 98 valence electrons. The van der Waals surface area contributed by atoms with Crippen molar-refractivity contribution >= 4 is 11.5 Å². The number of carbonyl (C=O) groups excluding carboxylic acids is 1. The van der Waals surface area contributed by atoms with Crippen molar-refractivity contribution in [2.75, 3.05) is 11.9 Å². The fourth-order valence-corrected chi connectivity index (χ4v) is 1.44. The second-order valence-electron chi connectivity index (χ2n) is 3.57. The maximum atomic E-state index is 11.4. The van der Waals surface area contributed by atoms with Gasteiger partial charge < -0.3 is 5.32 Å². The lowest BCUT2D eigenvalue weighted by molar-refractivity contribution is 0.101. The summed E-state index contributed by atoms with van der Waals surface area (Å²) in [6.45, 7) is 12.5. The molecule has 0 bridgehead atoms. The zero-order valence-electron chi connectivity index (χ0n) is 11.3. The second kappa shape index (κ2) is 8.80. The van der Waals surface area contributed by atoms with Gasteiger partial charge in [0.05, 0.1) is 0 Å². The van der Waals surface area contributed by atoms with Gasteiger partial charge in [-0.2, -0.15) is 0 Å². The minimum Gasteiger partial charge on any atom is -0.385 e. The molecule has 0 amide bonds. The third-order valence-electron chi connectivity index (χ3n) is 2.38. The van der Waals surface area contributed by atoms with Crippen LogP contribution < -0.4 is 5.32 Å². The maximum absolute atomic E-state index is 11.4. The van der Waals surface area contributed by atoms with Crippen molar-refractivity contribution < 1.29 is 4.79 Å². The number of rotatable bonds is 3. The number of benzene rings is 1. The van der Waals surface area contributed by atoms with Gasteiger partial charge in [0, 0.05) is 17.8 Å². The van der Waals surface area contributed by atoms with Gasteiger partial charge in [-0.1, -0.05) is 21.3 Å². The van der Waals surface area contributed by atoms with Gasteiger partial charge in [0.15, 0.2) is 5.78 Å².